The first-order valence-electron chi connectivity index (χ1n) is 10.9. The highest BCUT2D eigenvalue weighted by Gasteiger charge is 2.30. The monoisotopic (exact) mass is 469 g/mol. The zero-order valence-electron chi connectivity index (χ0n) is 18.5. The number of hydrogen-bond donors (Lipinski definition) is 0. The van der Waals surface area contributed by atoms with Gasteiger partial charge < -0.3 is 19.3 Å². The maximum Gasteiger partial charge on any atom is 0.271 e. The van der Waals surface area contributed by atoms with Crippen molar-refractivity contribution in [2.24, 2.45) is 0 Å². The van der Waals surface area contributed by atoms with Crippen LogP contribution in [0.2, 0.25) is 5.02 Å². The van der Waals surface area contributed by atoms with E-state index in [9.17, 15) is 10.1 Å². The van der Waals surface area contributed by atoms with Crippen LogP contribution in [-0.2, 0) is 0 Å². The summed E-state index contributed by atoms with van der Waals surface area (Å²) in [6.07, 6.45) is 2.23. The predicted molar refractivity (Wildman–Crippen MR) is 127 cm³/mol. The molecule has 1 aliphatic carbocycles. The molecule has 2 fully saturated rings. The zero-order chi connectivity index (χ0) is 23.1. The normalized spacial score (nSPS) is 16.2. The molecule has 0 bridgehead atoms. The molecule has 10 heteroatoms. The minimum Gasteiger partial charge on any atom is -0.493 e. The van der Waals surface area contributed by atoms with Gasteiger partial charge in [-0.3, -0.25) is 10.1 Å². The van der Waals surface area contributed by atoms with E-state index in [4.69, 9.17) is 31.0 Å². The largest absolute Gasteiger partial charge is 0.493 e. The smallest absolute Gasteiger partial charge is 0.271 e. The summed E-state index contributed by atoms with van der Waals surface area (Å²) < 4.78 is 11.0. The van der Waals surface area contributed by atoms with Gasteiger partial charge in [0, 0.05) is 55.7 Å². The summed E-state index contributed by atoms with van der Waals surface area (Å²) >= 11 is 6.36. The second-order valence-electron chi connectivity index (χ2n) is 8.27. The molecule has 0 amide bonds. The van der Waals surface area contributed by atoms with E-state index >= 15 is 0 Å². The Hall–Kier alpha value is -3.33. The van der Waals surface area contributed by atoms with Gasteiger partial charge in [0.25, 0.3) is 5.69 Å². The van der Waals surface area contributed by atoms with Crippen molar-refractivity contribution in [1.82, 2.24) is 9.97 Å². The Morgan fingerprint density at radius 3 is 2.27 bits per heavy atom. The lowest BCUT2D eigenvalue weighted by molar-refractivity contribution is -0.384. The summed E-state index contributed by atoms with van der Waals surface area (Å²) in [5.41, 5.74) is 1.65. The van der Waals surface area contributed by atoms with Crippen molar-refractivity contribution in [3.05, 3.63) is 51.3 Å². The number of anilines is 2. The van der Waals surface area contributed by atoms with Gasteiger partial charge in [-0.05, 0) is 25.0 Å². The number of benzene rings is 2. The van der Waals surface area contributed by atoms with Crippen molar-refractivity contribution in [2.45, 2.75) is 18.8 Å². The molecule has 0 unspecified atom stereocenters. The molecule has 3 aromatic rings. The topological polar surface area (TPSA) is 93.9 Å². The number of aromatic nitrogens is 2. The van der Waals surface area contributed by atoms with Crippen molar-refractivity contribution in [2.75, 3.05) is 50.2 Å². The standard InChI is InChI=1S/C23H24ClN5O4/c1-32-20-12-16-18(13-21(20)33-2)25-22(14-3-4-14)26-23(16)28-9-7-27(8-10-28)19-6-5-15(29(30)31)11-17(19)24/h5-6,11-14H,3-4,7-10H2,1-2H3. The lowest BCUT2D eigenvalue weighted by atomic mass is 10.1. The van der Waals surface area contributed by atoms with Gasteiger partial charge >= 0.3 is 0 Å². The third kappa shape index (κ3) is 4.08. The van der Waals surface area contributed by atoms with E-state index in [2.05, 4.69) is 9.80 Å². The van der Waals surface area contributed by atoms with E-state index in [1.807, 2.05) is 12.1 Å². The SMILES string of the molecule is COc1cc2nc(C3CC3)nc(N3CCN(c4ccc([N+](=O)[O-])cc4Cl)CC3)c2cc1OC. The molecule has 2 aliphatic rings. The third-order valence-corrected chi connectivity index (χ3v) is 6.51. The van der Waals surface area contributed by atoms with Crippen molar-refractivity contribution in [3.8, 4) is 11.5 Å². The molecule has 2 aromatic carbocycles. The summed E-state index contributed by atoms with van der Waals surface area (Å²) in [5.74, 6) is 3.49. The Kier molecular flexibility index (Phi) is 5.57. The summed E-state index contributed by atoms with van der Waals surface area (Å²) in [7, 11) is 3.24. The fourth-order valence-electron chi connectivity index (χ4n) is 4.25. The quantitative estimate of drug-likeness (QED) is 0.387. The average molecular weight is 470 g/mol. The number of methoxy groups -OCH3 is 2. The Labute approximate surface area is 196 Å². The molecule has 0 N–H and O–H groups in total. The Bertz CT molecular complexity index is 1230. The highest BCUT2D eigenvalue weighted by Crippen LogP contribution is 2.42. The van der Waals surface area contributed by atoms with E-state index in [0.29, 0.717) is 22.4 Å². The number of halogens is 1. The van der Waals surface area contributed by atoms with Crippen LogP contribution in [0.25, 0.3) is 10.9 Å². The lowest BCUT2D eigenvalue weighted by Gasteiger charge is -2.37. The Morgan fingerprint density at radius 2 is 1.67 bits per heavy atom. The van der Waals surface area contributed by atoms with E-state index in [0.717, 1.165) is 67.3 Å². The molecule has 0 spiro atoms. The van der Waals surface area contributed by atoms with E-state index in [1.54, 1.807) is 20.3 Å². The number of piperazine rings is 1. The number of nitro groups is 1. The van der Waals surface area contributed by atoms with Crippen LogP contribution in [0.5, 0.6) is 11.5 Å². The van der Waals surface area contributed by atoms with Crippen LogP contribution in [0.15, 0.2) is 30.3 Å². The number of nitro benzene ring substituents is 1. The van der Waals surface area contributed by atoms with Crippen molar-refractivity contribution in [1.29, 1.82) is 0 Å². The summed E-state index contributed by atoms with van der Waals surface area (Å²) in [4.78, 5) is 24.8. The first-order valence-corrected chi connectivity index (χ1v) is 11.2. The highest BCUT2D eigenvalue weighted by atomic mass is 35.5. The fraction of sp³-hybridized carbons (Fsp3) is 0.391. The Balaban J connectivity index is 1.45. The van der Waals surface area contributed by atoms with Gasteiger partial charge in [0.15, 0.2) is 11.5 Å². The third-order valence-electron chi connectivity index (χ3n) is 6.20. The lowest BCUT2D eigenvalue weighted by Crippen LogP contribution is -2.47. The maximum atomic E-state index is 11.0. The average Bonchev–Trinajstić information content (AvgIpc) is 3.68. The number of nitrogens with zero attached hydrogens (tertiary/aromatic N) is 5. The summed E-state index contributed by atoms with van der Waals surface area (Å²) in [5, 5.41) is 12.3. The van der Waals surface area contributed by atoms with Crippen LogP contribution in [0.4, 0.5) is 17.2 Å². The van der Waals surface area contributed by atoms with Crippen LogP contribution in [0.1, 0.15) is 24.6 Å². The molecular formula is C23H24ClN5O4. The molecular weight excluding hydrogens is 446 g/mol. The maximum absolute atomic E-state index is 11.0. The van der Waals surface area contributed by atoms with Gasteiger partial charge in [-0.15, -0.1) is 0 Å². The Morgan fingerprint density at radius 1 is 1.00 bits per heavy atom. The summed E-state index contributed by atoms with van der Waals surface area (Å²) in [6, 6.07) is 8.48. The van der Waals surface area contributed by atoms with Crippen molar-refractivity contribution >= 4 is 39.7 Å². The van der Waals surface area contributed by atoms with Crippen LogP contribution >= 0.6 is 11.6 Å². The van der Waals surface area contributed by atoms with Crippen LogP contribution < -0.4 is 19.3 Å². The van der Waals surface area contributed by atoms with Gasteiger partial charge in [0.05, 0.1) is 35.4 Å². The molecule has 2 heterocycles. The number of hydrogen-bond acceptors (Lipinski definition) is 8. The van der Waals surface area contributed by atoms with Gasteiger partial charge in [0.2, 0.25) is 0 Å². The van der Waals surface area contributed by atoms with Gasteiger partial charge in [-0.25, -0.2) is 9.97 Å². The first kappa shape index (κ1) is 21.5. The van der Waals surface area contributed by atoms with Crippen LogP contribution in [-0.4, -0.2) is 55.3 Å². The molecule has 1 aromatic heterocycles. The van der Waals surface area contributed by atoms with Gasteiger partial charge in [-0.1, -0.05) is 11.6 Å². The number of rotatable bonds is 6. The highest BCUT2D eigenvalue weighted by molar-refractivity contribution is 6.33. The molecule has 1 aliphatic heterocycles. The van der Waals surface area contributed by atoms with Crippen LogP contribution in [0, 0.1) is 10.1 Å². The summed E-state index contributed by atoms with van der Waals surface area (Å²) in [6.45, 7) is 2.90. The molecule has 1 saturated carbocycles. The molecule has 1 saturated heterocycles. The van der Waals surface area contributed by atoms with Crippen molar-refractivity contribution in [3.63, 3.8) is 0 Å². The van der Waals surface area contributed by atoms with Crippen molar-refractivity contribution < 1.29 is 14.4 Å². The van der Waals surface area contributed by atoms with Crippen LogP contribution in [0.3, 0.4) is 0 Å². The molecule has 172 valence electrons. The minimum absolute atomic E-state index is 0.00757. The molecule has 0 radical (unpaired) electrons. The number of fused-ring (bicyclic) bond motifs is 1. The second-order valence-corrected chi connectivity index (χ2v) is 8.68. The van der Waals surface area contributed by atoms with E-state index in [1.165, 1.54) is 12.1 Å². The van der Waals surface area contributed by atoms with E-state index in [-0.39, 0.29) is 5.69 Å². The molecule has 33 heavy (non-hydrogen) atoms. The first-order chi connectivity index (χ1) is 16.0. The van der Waals surface area contributed by atoms with E-state index < -0.39 is 4.92 Å². The number of ether oxygens (including phenoxy) is 2. The minimum atomic E-state index is -0.436. The zero-order valence-corrected chi connectivity index (χ0v) is 19.2. The number of non-ortho nitro benzene ring substituents is 1. The van der Waals surface area contributed by atoms with Gasteiger partial charge in [0.1, 0.15) is 11.6 Å². The molecule has 0 atom stereocenters. The molecule has 5 rings (SSSR count). The second kappa shape index (κ2) is 8.55. The fourth-order valence-corrected chi connectivity index (χ4v) is 4.54. The predicted octanol–water partition coefficient (Wildman–Crippen LogP) is 4.41. The van der Waals surface area contributed by atoms with Gasteiger partial charge in [-0.2, -0.15) is 0 Å². The molecule has 9 nitrogen and oxygen atoms in total.